The maximum absolute atomic E-state index is 12.8. The highest BCUT2D eigenvalue weighted by Crippen LogP contribution is 2.16. The van der Waals surface area contributed by atoms with Crippen molar-refractivity contribution in [2.24, 2.45) is 0 Å². The lowest BCUT2D eigenvalue weighted by molar-refractivity contribution is -0.166. The van der Waals surface area contributed by atoms with Gasteiger partial charge in [-0.1, -0.05) is 259 Å². The number of unbranched alkanes of at least 4 members (excludes halogenated alkanes) is 27. The molecule has 412 valence electrons. The Hall–Kier alpha value is -3.67. The highest BCUT2D eigenvalue weighted by molar-refractivity contribution is 5.71. The lowest BCUT2D eigenvalue weighted by Gasteiger charge is -2.18. The van der Waals surface area contributed by atoms with Crippen LogP contribution in [0.15, 0.2) is 97.2 Å². The Morgan fingerprint density at radius 3 is 0.972 bits per heavy atom. The number of hydrogen-bond acceptors (Lipinski definition) is 6. The van der Waals surface area contributed by atoms with Crippen LogP contribution in [0.3, 0.4) is 0 Å². The van der Waals surface area contributed by atoms with Gasteiger partial charge in [-0.05, 0) is 103 Å². The molecule has 0 amide bonds. The molecule has 0 rings (SSSR count). The molecule has 0 spiro atoms. The number of rotatable bonds is 54. The number of esters is 3. The van der Waals surface area contributed by atoms with Gasteiger partial charge in [0.15, 0.2) is 6.10 Å². The van der Waals surface area contributed by atoms with Crippen molar-refractivity contribution in [2.75, 3.05) is 13.2 Å². The summed E-state index contributed by atoms with van der Waals surface area (Å²) in [5.74, 6) is -0.999. The molecule has 0 aliphatic heterocycles. The summed E-state index contributed by atoms with van der Waals surface area (Å²) in [4.78, 5) is 38.0. The van der Waals surface area contributed by atoms with Gasteiger partial charge in [0, 0.05) is 19.3 Å². The molecule has 0 saturated carbocycles. The van der Waals surface area contributed by atoms with Crippen molar-refractivity contribution in [3.05, 3.63) is 97.2 Å². The molecule has 0 aliphatic carbocycles. The van der Waals surface area contributed by atoms with E-state index in [2.05, 4.69) is 106 Å². The lowest BCUT2D eigenvalue weighted by atomic mass is 10.0. The Kier molecular flexibility index (Phi) is 56.8. The molecule has 72 heavy (non-hydrogen) atoms. The molecule has 1 unspecified atom stereocenters. The first-order chi connectivity index (χ1) is 35.5. The number of allylic oxidation sites excluding steroid dienone is 16. The Morgan fingerprint density at radius 1 is 0.292 bits per heavy atom. The van der Waals surface area contributed by atoms with Gasteiger partial charge in [-0.2, -0.15) is 0 Å². The minimum Gasteiger partial charge on any atom is -0.462 e. The van der Waals surface area contributed by atoms with Gasteiger partial charge in [-0.25, -0.2) is 0 Å². The van der Waals surface area contributed by atoms with Crippen molar-refractivity contribution >= 4 is 17.9 Å². The summed E-state index contributed by atoms with van der Waals surface area (Å²) >= 11 is 0. The quantitative estimate of drug-likeness (QED) is 0.0261. The fourth-order valence-electron chi connectivity index (χ4n) is 8.29. The van der Waals surface area contributed by atoms with Crippen LogP contribution < -0.4 is 0 Å². The lowest BCUT2D eigenvalue weighted by Crippen LogP contribution is -2.30. The van der Waals surface area contributed by atoms with E-state index in [1.165, 1.54) is 141 Å². The predicted octanol–water partition coefficient (Wildman–Crippen LogP) is 20.5. The summed E-state index contributed by atoms with van der Waals surface area (Å²) in [6.45, 7) is 6.39. The zero-order valence-corrected chi connectivity index (χ0v) is 47.2. The van der Waals surface area contributed by atoms with Gasteiger partial charge < -0.3 is 14.2 Å². The first kappa shape index (κ1) is 68.3. The van der Waals surface area contributed by atoms with Crippen LogP contribution in [-0.2, 0) is 28.6 Å². The van der Waals surface area contributed by atoms with Gasteiger partial charge in [-0.15, -0.1) is 0 Å². The van der Waals surface area contributed by atoms with E-state index in [1.54, 1.807) is 0 Å². The van der Waals surface area contributed by atoms with Crippen molar-refractivity contribution in [3.63, 3.8) is 0 Å². The average Bonchev–Trinajstić information content (AvgIpc) is 3.38. The van der Waals surface area contributed by atoms with E-state index in [9.17, 15) is 14.4 Å². The Labute approximate surface area is 445 Å². The normalized spacial score (nSPS) is 12.8. The van der Waals surface area contributed by atoms with E-state index in [-0.39, 0.29) is 31.6 Å². The smallest absolute Gasteiger partial charge is 0.306 e. The second kappa shape index (κ2) is 59.9. The van der Waals surface area contributed by atoms with E-state index in [0.717, 1.165) is 96.3 Å². The molecular weight excluding hydrogens is 889 g/mol. The summed E-state index contributed by atoms with van der Waals surface area (Å²) in [7, 11) is 0. The van der Waals surface area contributed by atoms with Crippen LogP contribution in [0, 0.1) is 0 Å². The van der Waals surface area contributed by atoms with Gasteiger partial charge in [0.25, 0.3) is 0 Å². The van der Waals surface area contributed by atoms with Crippen LogP contribution in [-0.4, -0.2) is 37.2 Å². The average molecular weight is 1000 g/mol. The topological polar surface area (TPSA) is 78.9 Å². The van der Waals surface area contributed by atoms with Crippen molar-refractivity contribution < 1.29 is 28.6 Å². The van der Waals surface area contributed by atoms with E-state index < -0.39 is 12.1 Å². The van der Waals surface area contributed by atoms with Gasteiger partial charge in [0.05, 0.1) is 0 Å². The molecule has 0 heterocycles. The molecule has 0 saturated heterocycles. The van der Waals surface area contributed by atoms with E-state index in [4.69, 9.17) is 14.2 Å². The second-order valence-electron chi connectivity index (χ2n) is 19.9. The van der Waals surface area contributed by atoms with Gasteiger partial charge in [-0.3, -0.25) is 14.4 Å². The summed E-state index contributed by atoms with van der Waals surface area (Å²) in [6.07, 6.45) is 80.2. The molecule has 0 aromatic rings. The summed E-state index contributed by atoms with van der Waals surface area (Å²) in [6, 6.07) is 0. The maximum atomic E-state index is 12.8. The monoisotopic (exact) mass is 1000 g/mol. The number of hydrogen-bond donors (Lipinski definition) is 0. The first-order valence-electron chi connectivity index (χ1n) is 30.2. The van der Waals surface area contributed by atoms with Crippen molar-refractivity contribution in [1.29, 1.82) is 0 Å². The minimum absolute atomic E-state index is 0.108. The summed E-state index contributed by atoms with van der Waals surface area (Å²) < 4.78 is 16.7. The third kappa shape index (κ3) is 57.2. The fourth-order valence-corrected chi connectivity index (χ4v) is 8.29. The number of carbonyl (C=O) groups is 3. The van der Waals surface area contributed by atoms with Crippen LogP contribution in [0.25, 0.3) is 0 Å². The van der Waals surface area contributed by atoms with Crippen molar-refractivity contribution in [3.8, 4) is 0 Å². The maximum Gasteiger partial charge on any atom is 0.306 e. The van der Waals surface area contributed by atoms with Crippen LogP contribution in [0.2, 0.25) is 0 Å². The third-order valence-electron chi connectivity index (χ3n) is 12.8. The zero-order valence-electron chi connectivity index (χ0n) is 47.2. The van der Waals surface area contributed by atoms with E-state index in [1.807, 2.05) is 12.2 Å². The Bertz CT molecular complexity index is 1430. The van der Waals surface area contributed by atoms with Crippen LogP contribution >= 0.6 is 0 Å². The Morgan fingerprint density at radius 2 is 0.597 bits per heavy atom. The first-order valence-corrected chi connectivity index (χ1v) is 30.2. The molecule has 0 aromatic heterocycles. The molecule has 6 heteroatoms. The number of carbonyl (C=O) groups excluding carboxylic acids is 3. The molecule has 0 aromatic carbocycles. The van der Waals surface area contributed by atoms with Gasteiger partial charge >= 0.3 is 17.9 Å². The molecule has 6 nitrogen and oxygen atoms in total. The van der Waals surface area contributed by atoms with Gasteiger partial charge in [0.2, 0.25) is 0 Å². The molecule has 0 radical (unpaired) electrons. The second-order valence-corrected chi connectivity index (χ2v) is 19.9. The summed E-state index contributed by atoms with van der Waals surface area (Å²) in [5, 5.41) is 0. The third-order valence-corrected chi connectivity index (χ3v) is 12.8. The SMILES string of the molecule is CC/C=C\C/C=C\C/C=C\C/C=C\CCC(=O)OC(COC(=O)CCCCCCC/C=C\CCC)COC(=O)CCCCCCCCCCCCCCCCCC/C=C\C/C=C\C/C=C\CCCCCCC. The molecule has 0 bridgehead atoms. The highest BCUT2D eigenvalue weighted by Gasteiger charge is 2.19. The fraction of sp³-hybridized carbons (Fsp3) is 0.712. The van der Waals surface area contributed by atoms with Crippen LogP contribution in [0.5, 0.6) is 0 Å². The van der Waals surface area contributed by atoms with Crippen LogP contribution in [0.1, 0.15) is 284 Å². The van der Waals surface area contributed by atoms with E-state index in [0.29, 0.717) is 19.3 Å². The predicted molar refractivity (Wildman–Crippen MR) is 311 cm³/mol. The number of ether oxygens (including phenoxy) is 3. The molecule has 1 atom stereocenters. The Balaban J connectivity index is 4.14. The van der Waals surface area contributed by atoms with Crippen LogP contribution in [0.4, 0.5) is 0 Å². The molecule has 0 aliphatic rings. The molecular formula is C66H112O6. The molecule has 0 N–H and O–H groups in total. The standard InChI is InChI=1S/C66H112O6/c1-4-7-10-13-16-19-22-24-25-26-27-28-29-30-31-32-33-34-35-36-37-38-39-40-41-43-44-47-50-53-56-59-65(68)71-62-63(61-70-64(67)58-55-52-49-46-21-18-15-12-9-6-3)72-66(69)60-57-54-51-48-45-42-23-20-17-14-11-8-5-2/h8,11-12,15,17,20,22,24,26-27,29-30,42,45,51,54,63H,4-7,9-10,13-14,16,18-19,21,23,25,28,31-41,43-44,46-50,52-53,55-62H2,1-3H3/b11-8-,15-12-,20-17-,24-22-,27-26-,30-29-,45-42-,54-51-. The van der Waals surface area contributed by atoms with Crippen molar-refractivity contribution in [2.45, 2.75) is 290 Å². The highest BCUT2D eigenvalue weighted by atomic mass is 16.6. The largest absolute Gasteiger partial charge is 0.462 e. The minimum atomic E-state index is -0.817. The molecule has 0 fully saturated rings. The van der Waals surface area contributed by atoms with E-state index >= 15 is 0 Å². The zero-order chi connectivity index (χ0) is 52.2. The van der Waals surface area contributed by atoms with Gasteiger partial charge in [0.1, 0.15) is 13.2 Å². The van der Waals surface area contributed by atoms with Crippen molar-refractivity contribution in [1.82, 2.24) is 0 Å². The summed E-state index contributed by atoms with van der Waals surface area (Å²) in [5.41, 5.74) is 0.